The third-order valence-electron chi connectivity index (χ3n) is 3.28. The van der Waals surface area contributed by atoms with Gasteiger partial charge >= 0.3 is 0 Å². The Hall–Kier alpha value is -0.0400. The van der Waals surface area contributed by atoms with Gasteiger partial charge in [0, 0.05) is 0 Å². The largest absolute Gasteiger partial charge is 0.393 e. The van der Waals surface area contributed by atoms with E-state index < -0.39 is 0 Å². The van der Waals surface area contributed by atoms with Crippen molar-refractivity contribution >= 4 is 0 Å². The molecule has 0 saturated heterocycles. The maximum absolute atomic E-state index is 9.49. The SMILES string of the molecule is C[C@H]1[C@@H]2CC[C@@H](C2)[C@H]1O. The molecule has 0 radical (unpaired) electrons. The van der Waals surface area contributed by atoms with E-state index in [0.29, 0.717) is 11.8 Å². The number of hydrogen-bond acceptors (Lipinski definition) is 1. The Labute approximate surface area is 56.1 Å². The van der Waals surface area contributed by atoms with Crippen LogP contribution in [0.4, 0.5) is 0 Å². The van der Waals surface area contributed by atoms with E-state index in [-0.39, 0.29) is 6.10 Å². The molecular weight excluding hydrogens is 112 g/mol. The highest BCUT2D eigenvalue weighted by molar-refractivity contribution is 4.94. The minimum Gasteiger partial charge on any atom is -0.393 e. The van der Waals surface area contributed by atoms with Crippen LogP contribution in [0.25, 0.3) is 0 Å². The summed E-state index contributed by atoms with van der Waals surface area (Å²) in [6.45, 7) is 2.19. The first-order chi connectivity index (χ1) is 4.29. The molecule has 2 aliphatic rings. The van der Waals surface area contributed by atoms with E-state index in [2.05, 4.69) is 6.92 Å². The smallest absolute Gasteiger partial charge is 0.0596 e. The van der Waals surface area contributed by atoms with Gasteiger partial charge in [-0.3, -0.25) is 0 Å². The topological polar surface area (TPSA) is 20.2 Å². The summed E-state index contributed by atoms with van der Waals surface area (Å²) in [4.78, 5) is 0. The van der Waals surface area contributed by atoms with E-state index in [1.807, 2.05) is 0 Å². The van der Waals surface area contributed by atoms with Crippen LogP contribution in [0.3, 0.4) is 0 Å². The van der Waals surface area contributed by atoms with Crippen molar-refractivity contribution in [2.45, 2.75) is 32.3 Å². The Bertz CT molecular complexity index is 104. The van der Waals surface area contributed by atoms with Crippen LogP contribution >= 0.6 is 0 Å². The Morgan fingerprint density at radius 3 is 2.22 bits per heavy atom. The molecule has 1 nitrogen and oxygen atoms in total. The zero-order valence-corrected chi connectivity index (χ0v) is 5.88. The molecule has 2 bridgehead atoms. The van der Waals surface area contributed by atoms with Crippen molar-refractivity contribution in [2.75, 3.05) is 0 Å². The van der Waals surface area contributed by atoms with Crippen molar-refractivity contribution in [3.8, 4) is 0 Å². The summed E-state index contributed by atoms with van der Waals surface area (Å²) in [7, 11) is 0. The maximum atomic E-state index is 9.49. The van der Waals surface area contributed by atoms with Gasteiger partial charge in [0.05, 0.1) is 6.10 Å². The molecule has 2 aliphatic carbocycles. The van der Waals surface area contributed by atoms with E-state index in [1.54, 1.807) is 0 Å². The molecule has 0 aromatic carbocycles. The molecule has 4 atom stereocenters. The Kier molecular flexibility index (Phi) is 1.10. The maximum Gasteiger partial charge on any atom is 0.0596 e. The summed E-state index contributed by atoms with van der Waals surface area (Å²) < 4.78 is 0. The first-order valence-electron chi connectivity index (χ1n) is 3.97. The molecule has 1 N–H and O–H groups in total. The lowest BCUT2D eigenvalue weighted by molar-refractivity contribution is 0.0677. The van der Waals surface area contributed by atoms with Gasteiger partial charge in [0.25, 0.3) is 0 Å². The minimum absolute atomic E-state index is 0.0451. The average Bonchev–Trinajstić information content (AvgIpc) is 2.37. The third-order valence-corrected chi connectivity index (χ3v) is 3.28. The molecule has 52 valence electrons. The highest BCUT2D eigenvalue weighted by Crippen LogP contribution is 2.47. The number of hydrogen-bond donors (Lipinski definition) is 1. The van der Waals surface area contributed by atoms with Gasteiger partial charge in [-0.1, -0.05) is 6.92 Å². The fourth-order valence-electron chi connectivity index (χ4n) is 2.55. The second-order valence-corrected chi connectivity index (χ2v) is 3.68. The first kappa shape index (κ1) is 5.72. The summed E-state index contributed by atoms with van der Waals surface area (Å²) in [5.41, 5.74) is 0. The molecule has 0 aromatic rings. The van der Waals surface area contributed by atoms with E-state index in [0.717, 1.165) is 5.92 Å². The Morgan fingerprint density at radius 2 is 1.89 bits per heavy atom. The molecule has 0 aliphatic heterocycles. The molecule has 1 heteroatoms. The fourth-order valence-corrected chi connectivity index (χ4v) is 2.55. The molecule has 0 aromatic heterocycles. The zero-order chi connectivity index (χ0) is 6.43. The van der Waals surface area contributed by atoms with Gasteiger partial charge in [-0.15, -0.1) is 0 Å². The van der Waals surface area contributed by atoms with Gasteiger partial charge < -0.3 is 5.11 Å². The van der Waals surface area contributed by atoms with Crippen LogP contribution in [-0.4, -0.2) is 11.2 Å². The van der Waals surface area contributed by atoms with E-state index in [9.17, 15) is 5.11 Å². The van der Waals surface area contributed by atoms with E-state index in [1.165, 1.54) is 19.3 Å². The molecule has 2 fully saturated rings. The molecular formula is C8H14O. The molecule has 0 amide bonds. The van der Waals surface area contributed by atoms with Crippen molar-refractivity contribution in [1.82, 2.24) is 0 Å². The average molecular weight is 126 g/mol. The summed E-state index contributed by atoms with van der Waals surface area (Å²) in [5, 5.41) is 9.49. The Morgan fingerprint density at radius 1 is 1.22 bits per heavy atom. The first-order valence-corrected chi connectivity index (χ1v) is 3.97. The monoisotopic (exact) mass is 126 g/mol. The molecule has 0 spiro atoms. The van der Waals surface area contributed by atoms with Crippen LogP contribution in [0.5, 0.6) is 0 Å². The fraction of sp³-hybridized carbons (Fsp3) is 1.00. The second-order valence-electron chi connectivity index (χ2n) is 3.68. The zero-order valence-electron chi connectivity index (χ0n) is 5.88. The van der Waals surface area contributed by atoms with Crippen LogP contribution in [0.1, 0.15) is 26.2 Å². The third kappa shape index (κ3) is 0.644. The van der Waals surface area contributed by atoms with Crippen LogP contribution < -0.4 is 0 Å². The van der Waals surface area contributed by atoms with Gasteiger partial charge in [-0.25, -0.2) is 0 Å². The number of aliphatic hydroxyl groups excluding tert-OH is 1. The summed E-state index contributed by atoms with van der Waals surface area (Å²) in [5.74, 6) is 2.14. The van der Waals surface area contributed by atoms with Crippen molar-refractivity contribution in [3.63, 3.8) is 0 Å². The van der Waals surface area contributed by atoms with Crippen molar-refractivity contribution in [3.05, 3.63) is 0 Å². The lowest BCUT2D eigenvalue weighted by atomic mass is 9.88. The van der Waals surface area contributed by atoms with Gasteiger partial charge in [0.1, 0.15) is 0 Å². The van der Waals surface area contributed by atoms with E-state index >= 15 is 0 Å². The lowest BCUT2D eigenvalue weighted by Gasteiger charge is -2.22. The number of fused-ring (bicyclic) bond motifs is 2. The summed E-state index contributed by atoms with van der Waals surface area (Å²) in [6.07, 6.45) is 4.02. The molecule has 0 heterocycles. The van der Waals surface area contributed by atoms with Crippen LogP contribution in [0, 0.1) is 17.8 Å². The van der Waals surface area contributed by atoms with Gasteiger partial charge in [-0.2, -0.15) is 0 Å². The van der Waals surface area contributed by atoms with Gasteiger partial charge in [-0.05, 0) is 37.0 Å². The van der Waals surface area contributed by atoms with E-state index in [4.69, 9.17) is 0 Å². The predicted octanol–water partition coefficient (Wildman–Crippen LogP) is 1.41. The second kappa shape index (κ2) is 1.72. The standard InChI is InChI=1S/C8H14O/c1-5-6-2-3-7(4-6)8(5)9/h5-9H,2-4H2,1H3/t5-,6+,7-,8-/m0/s1. The quantitative estimate of drug-likeness (QED) is 0.520. The normalized spacial score (nSPS) is 56.7. The van der Waals surface area contributed by atoms with Crippen molar-refractivity contribution in [2.24, 2.45) is 17.8 Å². The molecule has 2 saturated carbocycles. The minimum atomic E-state index is 0.0451. The predicted molar refractivity (Wildman–Crippen MR) is 36.0 cm³/mol. The highest BCUT2D eigenvalue weighted by atomic mass is 16.3. The molecule has 0 unspecified atom stereocenters. The lowest BCUT2D eigenvalue weighted by Crippen LogP contribution is -2.24. The Balaban J connectivity index is 2.15. The van der Waals surface area contributed by atoms with Crippen molar-refractivity contribution in [1.29, 1.82) is 0 Å². The number of rotatable bonds is 0. The van der Waals surface area contributed by atoms with Crippen LogP contribution in [-0.2, 0) is 0 Å². The van der Waals surface area contributed by atoms with Gasteiger partial charge in [0.2, 0.25) is 0 Å². The van der Waals surface area contributed by atoms with Crippen LogP contribution in [0.15, 0.2) is 0 Å². The van der Waals surface area contributed by atoms with Crippen molar-refractivity contribution < 1.29 is 5.11 Å². The summed E-state index contributed by atoms with van der Waals surface area (Å²) >= 11 is 0. The molecule has 9 heavy (non-hydrogen) atoms. The summed E-state index contributed by atoms with van der Waals surface area (Å²) in [6, 6.07) is 0. The molecule has 2 rings (SSSR count). The highest BCUT2D eigenvalue weighted by Gasteiger charge is 2.43. The van der Waals surface area contributed by atoms with Gasteiger partial charge in [0.15, 0.2) is 0 Å². The van der Waals surface area contributed by atoms with Crippen LogP contribution in [0.2, 0.25) is 0 Å². The number of aliphatic hydroxyl groups is 1.